The van der Waals surface area contributed by atoms with Crippen LogP contribution in [0, 0.1) is 0 Å². The Labute approximate surface area is 61.5 Å². The fourth-order valence-corrected chi connectivity index (χ4v) is 0.466. The van der Waals surface area contributed by atoms with Crippen LogP contribution in [0.15, 0.2) is 10.1 Å². The number of nitrogens with zero attached hydrogens (tertiary/aromatic N) is 2. The Morgan fingerprint density at radius 2 is 1.90 bits per heavy atom. The highest BCUT2D eigenvalue weighted by Crippen LogP contribution is 1.85. The molecular weight excluding hydrogens is 128 g/mol. The quantitative estimate of drug-likeness (QED) is 0.364. The molecule has 0 heterocycles. The molecule has 0 aliphatic rings. The van der Waals surface area contributed by atoms with Gasteiger partial charge < -0.3 is 5.21 Å². The van der Waals surface area contributed by atoms with Crippen LogP contribution in [0.3, 0.4) is 0 Å². The van der Waals surface area contributed by atoms with Gasteiger partial charge in [-0.3, -0.25) is 4.99 Å². The van der Waals surface area contributed by atoms with Crippen LogP contribution in [0.2, 0.25) is 0 Å². The second-order valence-corrected chi connectivity index (χ2v) is 2.15. The predicted molar refractivity (Wildman–Crippen MR) is 43.2 cm³/mol. The summed E-state index contributed by atoms with van der Waals surface area (Å²) in [4.78, 5) is 4.14. The van der Waals surface area contributed by atoms with E-state index in [0.717, 1.165) is 18.7 Å². The van der Waals surface area contributed by atoms with E-state index in [1.807, 2.05) is 6.92 Å². The summed E-state index contributed by atoms with van der Waals surface area (Å²) in [5.41, 5.74) is 1.40. The molecule has 3 heteroatoms. The van der Waals surface area contributed by atoms with E-state index in [0.29, 0.717) is 5.71 Å². The maximum atomic E-state index is 8.31. The molecule has 0 aromatic rings. The molecule has 0 fully saturated rings. The molecule has 0 aliphatic carbocycles. The third kappa shape index (κ3) is 3.22. The molecule has 0 bridgehead atoms. The van der Waals surface area contributed by atoms with Gasteiger partial charge in [0.2, 0.25) is 0 Å². The number of rotatable bonds is 3. The zero-order chi connectivity index (χ0) is 7.98. The molecule has 3 nitrogen and oxygen atoms in total. The summed E-state index contributed by atoms with van der Waals surface area (Å²) in [6.07, 6.45) is 1.02. The summed E-state index contributed by atoms with van der Waals surface area (Å²) >= 11 is 0. The van der Waals surface area contributed by atoms with Crippen LogP contribution in [-0.4, -0.2) is 23.2 Å². The van der Waals surface area contributed by atoms with Gasteiger partial charge in [-0.2, -0.15) is 0 Å². The maximum Gasteiger partial charge on any atom is 0.0971 e. The van der Waals surface area contributed by atoms with Crippen LogP contribution in [0.4, 0.5) is 0 Å². The zero-order valence-electron chi connectivity index (χ0n) is 6.76. The van der Waals surface area contributed by atoms with Crippen molar-refractivity contribution >= 4 is 11.4 Å². The minimum Gasteiger partial charge on any atom is -0.411 e. The first kappa shape index (κ1) is 9.14. The average molecular weight is 142 g/mol. The van der Waals surface area contributed by atoms with Crippen molar-refractivity contribution in [2.24, 2.45) is 10.1 Å². The Bertz CT molecular complexity index is 150. The van der Waals surface area contributed by atoms with Crippen molar-refractivity contribution in [2.75, 3.05) is 6.54 Å². The van der Waals surface area contributed by atoms with E-state index < -0.39 is 0 Å². The lowest BCUT2D eigenvalue weighted by Gasteiger charge is -1.94. The lowest BCUT2D eigenvalue weighted by molar-refractivity contribution is 0.320. The van der Waals surface area contributed by atoms with Crippen molar-refractivity contribution in [3.8, 4) is 0 Å². The smallest absolute Gasteiger partial charge is 0.0971 e. The van der Waals surface area contributed by atoms with Crippen LogP contribution in [0.1, 0.15) is 27.2 Å². The SMILES string of the molecule is CCCN=C(C)/C(C)=N/O. The number of aliphatic imine (C=N–C) groups is 1. The first-order chi connectivity index (χ1) is 4.72. The summed E-state index contributed by atoms with van der Waals surface area (Å²) in [7, 11) is 0. The summed E-state index contributed by atoms with van der Waals surface area (Å²) < 4.78 is 0. The third-order valence-corrected chi connectivity index (χ3v) is 1.25. The van der Waals surface area contributed by atoms with E-state index in [4.69, 9.17) is 5.21 Å². The average Bonchev–Trinajstić information content (AvgIpc) is 1.98. The number of oxime groups is 1. The Morgan fingerprint density at radius 1 is 1.30 bits per heavy atom. The normalized spacial score (nSPS) is 13.9. The van der Waals surface area contributed by atoms with Crippen molar-refractivity contribution in [3.05, 3.63) is 0 Å². The van der Waals surface area contributed by atoms with Gasteiger partial charge in [-0.05, 0) is 20.3 Å². The van der Waals surface area contributed by atoms with Crippen molar-refractivity contribution in [3.63, 3.8) is 0 Å². The van der Waals surface area contributed by atoms with Crippen molar-refractivity contribution < 1.29 is 5.21 Å². The number of hydrogen-bond acceptors (Lipinski definition) is 3. The zero-order valence-corrected chi connectivity index (χ0v) is 6.76. The van der Waals surface area contributed by atoms with Gasteiger partial charge >= 0.3 is 0 Å². The fraction of sp³-hybridized carbons (Fsp3) is 0.714. The van der Waals surface area contributed by atoms with E-state index in [-0.39, 0.29) is 0 Å². The molecule has 0 aromatic heterocycles. The maximum absolute atomic E-state index is 8.31. The lowest BCUT2D eigenvalue weighted by atomic mass is 10.3. The van der Waals surface area contributed by atoms with E-state index in [1.54, 1.807) is 6.92 Å². The molecule has 10 heavy (non-hydrogen) atoms. The Balaban J connectivity index is 3.93. The number of hydrogen-bond donors (Lipinski definition) is 1. The Morgan fingerprint density at radius 3 is 2.30 bits per heavy atom. The largest absolute Gasteiger partial charge is 0.411 e. The highest BCUT2D eigenvalue weighted by atomic mass is 16.4. The second kappa shape index (κ2) is 4.97. The van der Waals surface area contributed by atoms with E-state index in [2.05, 4.69) is 17.1 Å². The molecule has 0 radical (unpaired) electrons. The Hall–Kier alpha value is -0.860. The summed E-state index contributed by atoms with van der Waals surface area (Å²) in [5.74, 6) is 0. The van der Waals surface area contributed by atoms with Gasteiger partial charge in [0.25, 0.3) is 0 Å². The molecule has 0 saturated carbocycles. The van der Waals surface area contributed by atoms with Gasteiger partial charge in [0.1, 0.15) is 0 Å². The third-order valence-electron chi connectivity index (χ3n) is 1.25. The standard InChI is InChI=1S/C7H14N2O/c1-4-5-8-6(2)7(3)9-10/h10H,4-5H2,1-3H3/b8-6?,9-7+. The first-order valence-corrected chi connectivity index (χ1v) is 3.42. The van der Waals surface area contributed by atoms with Crippen LogP contribution in [0.5, 0.6) is 0 Å². The first-order valence-electron chi connectivity index (χ1n) is 3.42. The molecule has 0 amide bonds. The molecular formula is C7H14N2O. The van der Waals surface area contributed by atoms with Crippen LogP contribution >= 0.6 is 0 Å². The predicted octanol–water partition coefficient (Wildman–Crippen LogP) is 1.71. The van der Waals surface area contributed by atoms with Crippen molar-refractivity contribution in [2.45, 2.75) is 27.2 Å². The van der Waals surface area contributed by atoms with Crippen LogP contribution in [0.25, 0.3) is 0 Å². The second-order valence-electron chi connectivity index (χ2n) is 2.15. The van der Waals surface area contributed by atoms with Gasteiger partial charge in [-0.25, -0.2) is 0 Å². The van der Waals surface area contributed by atoms with Gasteiger partial charge in [-0.1, -0.05) is 12.1 Å². The molecule has 0 saturated heterocycles. The highest BCUT2D eigenvalue weighted by molar-refractivity contribution is 6.40. The molecule has 1 N–H and O–H groups in total. The van der Waals surface area contributed by atoms with Crippen LogP contribution < -0.4 is 0 Å². The minimum absolute atomic E-state index is 0.591. The van der Waals surface area contributed by atoms with E-state index >= 15 is 0 Å². The fourth-order valence-electron chi connectivity index (χ4n) is 0.466. The van der Waals surface area contributed by atoms with E-state index in [1.165, 1.54) is 0 Å². The van der Waals surface area contributed by atoms with E-state index in [9.17, 15) is 0 Å². The van der Waals surface area contributed by atoms with Gasteiger partial charge in [-0.15, -0.1) is 0 Å². The molecule has 0 aromatic carbocycles. The molecule has 0 rings (SSSR count). The van der Waals surface area contributed by atoms with Crippen molar-refractivity contribution in [1.82, 2.24) is 0 Å². The highest BCUT2D eigenvalue weighted by Gasteiger charge is 1.93. The van der Waals surface area contributed by atoms with Gasteiger partial charge in [0.15, 0.2) is 0 Å². The molecule has 0 spiro atoms. The monoisotopic (exact) mass is 142 g/mol. The topological polar surface area (TPSA) is 45.0 Å². The van der Waals surface area contributed by atoms with Gasteiger partial charge in [0, 0.05) is 6.54 Å². The molecule has 0 atom stereocenters. The summed E-state index contributed by atoms with van der Waals surface area (Å²) in [6.45, 7) is 6.43. The molecule has 0 unspecified atom stereocenters. The molecule has 58 valence electrons. The summed E-state index contributed by atoms with van der Waals surface area (Å²) in [5, 5.41) is 11.3. The summed E-state index contributed by atoms with van der Waals surface area (Å²) in [6, 6.07) is 0. The van der Waals surface area contributed by atoms with Crippen LogP contribution in [-0.2, 0) is 0 Å². The minimum atomic E-state index is 0.591. The Kier molecular flexibility index (Phi) is 4.54. The molecule has 0 aliphatic heterocycles. The van der Waals surface area contributed by atoms with Crippen molar-refractivity contribution in [1.29, 1.82) is 0 Å². The lowest BCUT2D eigenvalue weighted by Crippen LogP contribution is -2.05. The van der Waals surface area contributed by atoms with Gasteiger partial charge in [0.05, 0.1) is 11.4 Å².